The van der Waals surface area contributed by atoms with Gasteiger partial charge in [-0.3, -0.25) is 5.10 Å². The second-order valence-electron chi connectivity index (χ2n) is 3.48. The number of H-pyrrole nitrogens is 1. The number of fused-ring (bicyclic) bond motifs is 1. The maximum atomic E-state index is 12.5. The number of rotatable bonds is 0. The highest BCUT2D eigenvalue weighted by molar-refractivity contribution is 5.65. The van der Waals surface area contributed by atoms with Crippen LogP contribution in [-0.2, 0) is 19.1 Å². The first kappa shape index (κ1) is 10.8. The molecule has 0 aromatic carbocycles. The Morgan fingerprint density at radius 3 is 2.75 bits per heavy atom. The van der Waals surface area contributed by atoms with Crippen molar-refractivity contribution in [3.63, 3.8) is 0 Å². The number of hydrogen-bond donors (Lipinski definition) is 2. The molecule has 8 heteroatoms. The summed E-state index contributed by atoms with van der Waals surface area (Å²) in [5.41, 5.74) is -0.723. The molecule has 1 amide bonds. The monoisotopic (exact) mass is 235 g/mol. The Labute approximate surface area is 87.9 Å². The number of amides is 1. The van der Waals surface area contributed by atoms with Crippen LogP contribution in [0, 0.1) is 0 Å². The topological polar surface area (TPSA) is 69.2 Å². The van der Waals surface area contributed by atoms with Gasteiger partial charge in [-0.15, -0.1) is 0 Å². The van der Waals surface area contributed by atoms with Crippen molar-refractivity contribution in [2.45, 2.75) is 19.1 Å². The lowest BCUT2D eigenvalue weighted by atomic mass is 10.1. The number of halogens is 3. The summed E-state index contributed by atoms with van der Waals surface area (Å²) in [6, 6.07) is 0. The number of hydrogen-bond acceptors (Lipinski definition) is 2. The van der Waals surface area contributed by atoms with E-state index in [0.29, 0.717) is 5.69 Å². The summed E-state index contributed by atoms with van der Waals surface area (Å²) < 4.78 is 37.5. The second-order valence-corrected chi connectivity index (χ2v) is 3.48. The van der Waals surface area contributed by atoms with E-state index < -0.39 is 18.0 Å². The van der Waals surface area contributed by atoms with Gasteiger partial charge in [0.2, 0.25) is 0 Å². The molecule has 0 saturated heterocycles. The summed E-state index contributed by atoms with van der Waals surface area (Å²) in [5, 5.41) is 14.2. The van der Waals surface area contributed by atoms with E-state index in [1.165, 1.54) is 0 Å². The first-order valence-corrected chi connectivity index (χ1v) is 4.51. The minimum Gasteiger partial charge on any atom is -0.465 e. The average molecular weight is 235 g/mol. The van der Waals surface area contributed by atoms with Crippen molar-refractivity contribution >= 4 is 6.09 Å². The summed E-state index contributed by atoms with van der Waals surface area (Å²) >= 11 is 0. The minimum atomic E-state index is -4.55. The number of nitrogens with one attached hydrogen (secondary N) is 1. The third kappa shape index (κ3) is 1.70. The summed E-state index contributed by atoms with van der Waals surface area (Å²) in [7, 11) is 0. The number of carbonyl (C=O) groups is 1. The number of nitrogens with zero attached hydrogens (tertiary/aromatic N) is 2. The van der Waals surface area contributed by atoms with E-state index in [0.717, 1.165) is 4.90 Å². The Morgan fingerprint density at radius 2 is 2.19 bits per heavy atom. The highest BCUT2D eigenvalue weighted by Gasteiger charge is 2.39. The number of alkyl halides is 3. The van der Waals surface area contributed by atoms with E-state index in [1.807, 2.05) is 0 Å². The fourth-order valence-corrected chi connectivity index (χ4v) is 1.69. The molecule has 0 aliphatic carbocycles. The zero-order valence-electron chi connectivity index (χ0n) is 8.01. The smallest absolute Gasteiger partial charge is 0.435 e. The molecule has 0 saturated carbocycles. The van der Waals surface area contributed by atoms with Gasteiger partial charge in [-0.25, -0.2) is 4.79 Å². The summed E-state index contributed by atoms with van der Waals surface area (Å²) in [5.74, 6) is 0. The van der Waals surface area contributed by atoms with Crippen LogP contribution in [0.4, 0.5) is 18.0 Å². The molecule has 0 fully saturated rings. The summed E-state index contributed by atoms with van der Waals surface area (Å²) in [6.45, 7) is -0.0855. The Bertz CT molecular complexity index is 427. The SMILES string of the molecule is O=C(O)N1CCc2[nH]nc(C(F)(F)F)c2C1. The third-order valence-corrected chi connectivity index (χ3v) is 2.47. The molecular weight excluding hydrogens is 227 g/mol. The lowest BCUT2D eigenvalue weighted by molar-refractivity contribution is -0.142. The van der Waals surface area contributed by atoms with E-state index in [4.69, 9.17) is 5.11 Å². The van der Waals surface area contributed by atoms with Crippen LogP contribution < -0.4 is 0 Å². The molecule has 16 heavy (non-hydrogen) atoms. The predicted molar refractivity (Wildman–Crippen MR) is 45.7 cm³/mol. The largest absolute Gasteiger partial charge is 0.465 e. The van der Waals surface area contributed by atoms with E-state index in [2.05, 4.69) is 10.2 Å². The van der Waals surface area contributed by atoms with E-state index in [1.54, 1.807) is 0 Å². The van der Waals surface area contributed by atoms with E-state index >= 15 is 0 Å². The maximum Gasteiger partial charge on any atom is 0.435 e. The van der Waals surface area contributed by atoms with Crippen LogP contribution >= 0.6 is 0 Å². The molecule has 0 atom stereocenters. The number of carboxylic acid groups (broad SMARTS) is 1. The van der Waals surface area contributed by atoms with Crippen molar-refractivity contribution in [2.75, 3.05) is 6.54 Å². The maximum absolute atomic E-state index is 12.5. The van der Waals surface area contributed by atoms with Gasteiger partial charge in [0.25, 0.3) is 0 Å². The highest BCUT2D eigenvalue weighted by atomic mass is 19.4. The molecule has 2 N–H and O–H groups in total. The lowest BCUT2D eigenvalue weighted by Gasteiger charge is -2.24. The Morgan fingerprint density at radius 1 is 1.50 bits per heavy atom. The standard InChI is InChI=1S/C8H8F3N3O2/c9-8(10,11)6-4-3-14(7(15)16)2-1-5(4)12-13-6/h1-3H2,(H,12,13)(H,15,16). The van der Waals surface area contributed by atoms with Crippen LogP contribution in [0.2, 0.25) is 0 Å². The Balaban J connectivity index is 2.35. The molecule has 88 valence electrons. The molecule has 2 heterocycles. The van der Waals surface area contributed by atoms with Crippen molar-refractivity contribution < 1.29 is 23.1 Å². The van der Waals surface area contributed by atoms with Gasteiger partial charge in [-0.2, -0.15) is 18.3 Å². The van der Waals surface area contributed by atoms with Crippen LogP contribution in [-0.4, -0.2) is 32.8 Å². The molecule has 1 aromatic heterocycles. The predicted octanol–water partition coefficient (Wildman–Crippen LogP) is 1.46. The molecule has 1 aliphatic rings. The molecule has 5 nitrogen and oxygen atoms in total. The van der Waals surface area contributed by atoms with Crippen molar-refractivity contribution in [1.29, 1.82) is 0 Å². The van der Waals surface area contributed by atoms with Crippen LogP contribution in [0.25, 0.3) is 0 Å². The van der Waals surface area contributed by atoms with Gasteiger partial charge in [0.15, 0.2) is 5.69 Å². The Hall–Kier alpha value is -1.73. The fraction of sp³-hybridized carbons (Fsp3) is 0.500. The van der Waals surface area contributed by atoms with Crippen LogP contribution in [0.15, 0.2) is 0 Å². The molecule has 0 radical (unpaired) electrons. The molecule has 1 aromatic rings. The van der Waals surface area contributed by atoms with Crippen molar-refractivity contribution in [3.8, 4) is 0 Å². The fourth-order valence-electron chi connectivity index (χ4n) is 1.69. The van der Waals surface area contributed by atoms with Crippen molar-refractivity contribution in [1.82, 2.24) is 15.1 Å². The summed E-state index contributed by atoms with van der Waals surface area (Å²) in [4.78, 5) is 11.6. The normalized spacial score (nSPS) is 16.1. The molecular formula is C8H8F3N3O2. The first-order valence-electron chi connectivity index (χ1n) is 4.51. The van der Waals surface area contributed by atoms with Gasteiger partial charge in [-0.05, 0) is 0 Å². The van der Waals surface area contributed by atoms with Gasteiger partial charge in [0, 0.05) is 24.2 Å². The van der Waals surface area contributed by atoms with E-state index in [9.17, 15) is 18.0 Å². The lowest BCUT2D eigenvalue weighted by Crippen LogP contribution is -2.35. The molecule has 1 aliphatic heterocycles. The van der Waals surface area contributed by atoms with Gasteiger partial charge in [0.1, 0.15) is 0 Å². The Kier molecular flexibility index (Phi) is 2.28. The first-order chi connectivity index (χ1) is 7.39. The molecule has 2 rings (SSSR count). The van der Waals surface area contributed by atoms with Crippen LogP contribution in [0.1, 0.15) is 17.0 Å². The van der Waals surface area contributed by atoms with Crippen molar-refractivity contribution in [3.05, 3.63) is 17.0 Å². The van der Waals surface area contributed by atoms with E-state index in [-0.39, 0.29) is 25.1 Å². The third-order valence-electron chi connectivity index (χ3n) is 2.47. The van der Waals surface area contributed by atoms with Gasteiger partial charge < -0.3 is 10.0 Å². The van der Waals surface area contributed by atoms with Gasteiger partial charge >= 0.3 is 12.3 Å². The minimum absolute atomic E-state index is 0.0684. The molecule has 0 spiro atoms. The number of aromatic amines is 1. The zero-order valence-corrected chi connectivity index (χ0v) is 8.01. The van der Waals surface area contributed by atoms with Crippen molar-refractivity contribution in [2.24, 2.45) is 0 Å². The second kappa shape index (κ2) is 3.39. The van der Waals surface area contributed by atoms with Crippen LogP contribution in [0.5, 0.6) is 0 Å². The van der Waals surface area contributed by atoms with Gasteiger partial charge in [0.05, 0.1) is 6.54 Å². The molecule has 0 bridgehead atoms. The quantitative estimate of drug-likeness (QED) is 0.715. The van der Waals surface area contributed by atoms with Crippen LogP contribution in [0.3, 0.4) is 0 Å². The highest BCUT2D eigenvalue weighted by Crippen LogP contribution is 2.33. The summed E-state index contributed by atoms with van der Waals surface area (Å²) in [6.07, 6.45) is -5.55. The zero-order chi connectivity index (χ0) is 11.9. The number of aromatic nitrogens is 2. The van der Waals surface area contributed by atoms with Gasteiger partial charge in [-0.1, -0.05) is 0 Å². The average Bonchev–Trinajstić information content (AvgIpc) is 2.58. The molecule has 0 unspecified atom stereocenters.